The first-order valence-electron chi connectivity index (χ1n) is 9.40. The predicted molar refractivity (Wildman–Crippen MR) is 112 cm³/mol. The second kappa shape index (κ2) is 6.79. The van der Waals surface area contributed by atoms with E-state index in [1.54, 1.807) is 6.20 Å². The highest BCUT2D eigenvalue weighted by atomic mass is 35.5. The van der Waals surface area contributed by atoms with Gasteiger partial charge in [-0.3, -0.25) is 0 Å². The van der Waals surface area contributed by atoms with Crippen molar-refractivity contribution in [2.75, 3.05) is 0 Å². The minimum atomic E-state index is 0.490. The maximum Gasteiger partial charge on any atom is 0.138 e. The van der Waals surface area contributed by atoms with Crippen LogP contribution in [0.15, 0.2) is 72.9 Å². The van der Waals surface area contributed by atoms with Crippen LogP contribution in [0.2, 0.25) is 5.15 Å². The van der Waals surface area contributed by atoms with Crippen molar-refractivity contribution < 1.29 is 0 Å². The molecule has 1 aliphatic rings. The Kier molecular flexibility index (Phi) is 4.14. The highest BCUT2D eigenvalue weighted by Gasteiger charge is 2.20. The smallest absolute Gasteiger partial charge is 0.138 e. The summed E-state index contributed by atoms with van der Waals surface area (Å²) < 4.78 is 0. The Morgan fingerprint density at radius 1 is 0.852 bits per heavy atom. The lowest BCUT2D eigenvalue weighted by Gasteiger charge is -2.25. The first kappa shape index (κ1) is 16.5. The molecule has 4 aromatic rings. The van der Waals surface area contributed by atoms with Crippen molar-refractivity contribution in [3.8, 4) is 22.4 Å². The summed E-state index contributed by atoms with van der Waals surface area (Å²) in [4.78, 5) is 9.18. The van der Waals surface area contributed by atoms with Gasteiger partial charge in [0.25, 0.3) is 0 Å². The van der Waals surface area contributed by atoms with Gasteiger partial charge in [-0.1, -0.05) is 72.6 Å². The molecule has 2 aromatic carbocycles. The van der Waals surface area contributed by atoms with E-state index in [0.717, 1.165) is 39.2 Å². The molecule has 2 nitrogen and oxygen atoms in total. The number of hydrogen-bond acceptors (Lipinski definition) is 2. The van der Waals surface area contributed by atoms with Gasteiger partial charge in [-0.15, -0.1) is 0 Å². The monoisotopic (exact) mass is 370 g/mol. The summed E-state index contributed by atoms with van der Waals surface area (Å²) in [7, 11) is 0. The minimum Gasteiger partial charge on any atom is -0.247 e. The zero-order valence-corrected chi connectivity index (χ0v) is 15.7. The fourth-order valence-electron chi connectivity index (χ4n) is 3.78. The van der Waals surface area contributed by atoms with Crippen LogP contribution in [0, 0.1) is 0 Å². The molecular formula is C24H19ClN2. The number of hydrogen-bond donors (Lipinski definition) is 0. The third kappa shape index (κ3) is 3.00. The summed E-state index contributed by atoms with van der Waals surface area (Å²) in [6.45, 7) is 0. The van der Waals surface area contributed by atoms with Gasteiger partial charge in [0, 0.05) is 22.7 Å². The van der Waals surface area contributed by atoms with E-state index in [0.29, 0.717) is 5.15 Å². The van der Waals surface area contributed by atoms with E-state index >= 15 is 0 Å². The SMILES string of the molecule is Clc1nccc2nc(-c3ccc(C4CCC4)cc3)c(-c3ccccc3)cc12. The molecule has 0 unspecified atom stereocenters. The van der Waals surface area contributed by atoms with Crippen LogP contribution in [-0.4, -0.2) is 9.97 Å². The van der Waals surface area contributed by atoms with Crippen LogP contribution in [0.4, 0.5) is 0 Å². The average molecular weight is 371 g/mol. The Bertz CT molecular complexity index is 1100. The van der Waals surface area contributed by atoms with Gasteiger partial charge in [0.1, 0.15) is 5.15 Å². The van der Waals surface area contributed by atoms with E-state index in [2.05, 4.69) is 47.4 Å². The molecule has 3 heteroatoms. The summed E-state index contributed by atoms with van der Waals surface area (Å²) in [5.74, 6) is 0.738. The second-order valence-corrected chi connectivity index (χ2v) is 7.53. The summed E-state index contributed by atoms with van der Waals surface area (Å²) in [5.41, 5.74) is 6.63. The van der Waals surface area contributed by atoms with Gasteiger partial charge in [0.2, 0.25) is 0 Å². The lowest BCUT2D eigenvalue weighted by Crippen LogP contribution is -2.08. The fraction of sp³-hybridized carbons (Fsp3) is 0.167. The third-order valence-corrected chi connectivity index (χ3v) is 5.84. The molecule has 0 bridgehead atoms. The molecule has 1 aliphatic carbocycles. The summed E-state index contributed by atoms with van der Waals surface area (Å²) in [5, 5.41) is 1.37. The Morgan fingerprint density at radius 3 is 2.33 bits per heavy atom. The summed E-state index contributed by atoms with van der Waals surface area (Å²) >= 11 is 6.34. The largest absolute Gasteiger partial charge is 0.247 e. The van der Waals surface area contributed by atoms with E-state index in [1.165, 1.54) is 24.8 Å². The van der Waals surface area contributed by atoms with Crippen LogP contribution in [0.25, 0.3) is 33.3 Å². The molecule has 1 saturated carbocycles. The number of halogens is 1. The Hall–Kier alpha value is -2.71. The lowest BCUT2D eigenvalue weighted by molar-refractivity contribution is 0.420. The van der Waals surface area contributed by atoms with E-state index < -0.39 is 0 Å². The molecule has 5 rings (SSSR count). The standard InChI is InChI=1S/C24H19ClN2/c25-24-21-15-20(18-5-2-1-3-6-18)23(27-22(21)13-14-26-24)19-11-9-17(10-12-19)16-7-4-8-16/h1-3,5-6,9-16H,4,7-8H2. The van der Waals surface area contributed by atoms with Gasteiger partial charge in [0.15, 0.2) is 0 Å². The molecule has 132 valence electrons. The molecular weight excluding hydrogens is 352 g/mol. The van der Waals surface area contributed by atoms with Crippen molar-refractivity contribution >= 4 is 22.5 Å². The van der Waals surface area contributed by atoms with Crippen molar-refractivity contribution in [1.82, 2.24) is 9.97 Å². The molecule has 2 aromatic heterocycles. The number of pyridine rings is 2. The van der Waals surface area contributed by atoms with Crippen molar-refractivity contribution in [2.24, 2.45) is 0 Å². The van der Waals surface area contributed by atoms with Crippen LogP contribution >= 0.6 is 11.6 Å². The van der Waals surface area contributed by atoms with Gasteiger partial charge in [-0.25, -0.2) is 9.97 Å². The van der Waals surface area contributed by atoms with Crippen molar-refractivity contribution in [3.05, 3.63) is 83.6 Å². The van der Waals surface area contributed by atoms with Gasteiger partial charge in [-0.05, 0) is 42.0 Å². The van der Waals surface area contributed by atoms with Crippen molar-refractivity contribution in [3.63, 3.8) is 0 Å². The van der Waals surface area contributed by atoms with Crippen molar-refractivity contribution in [2.45, 2.75) is 25.2 Å². The maximum absolute atomic E-state index is 6.34. The Labute approximate surface area is 163 Å². The first-order chi connectivity index (χ1) is 13.3. The zero-order valence-electron chi connectivity index (χ0n) is 14.9. The highest BCUT2D eigenvalue weighted by Crippen LogP contribution is 2.38. The van der Waals surface area contributed by atoms with Crippen LogP contribution in [0.3, 0.4) is 0 Å². The normalized spacial score (nSPS) is 14.3. The fourth-order valence-corrected chi connectivity index (χ4v) is 3.98. The lowest BCUT2D eigenvalue weighted by atomic mass is 9.80. The molecule has 0 amide bonds. The predicted octanol–water partition coefficient (Wildman–Crippen LogP) is 6.88. The van der Waals surface area contributed by atoms with Crippen LogP contribution in [-0.2, 0) is 0 Å². The maximum atomic E-state index is 6.34. The molecule has 0 spiro atoms. The average Bonchev–Trinajstić information content (AvgIpc) is 2.67. The zero-order chi connectivity index (χ0) is 18.2. The van der Waals surface area contributed by atoms with Crippen LogP contribution in [0.1, 0.15) is 30.7 Å². The minimum absolute atomic E-state index is 0.490. The topological polar surface area (TPSA) is 25.8 Å². The highest BCUT2D eigenvalue weighted by molar-refractivity contribution is 6.34. The third-order valence-electron chi connectivity index (χ3n) is 5.54. The van der Waals surface area contributed by atoms with E-state index in [9.17, 15) is 0 Å². The molecule has 27 heavy (non-hydrogen) atoms. The molecule has 1 fully saturated rings. The molecule has 0 aliphatic heterocycles. The molecule has 0 atom stereocenters. The molecule has 2 heterocycles. The van der Waals surface area contributed by atoms with E-state index in [-0.39, 0.29) is 0 Å². The van der Waals surface area contributed by atoms with Gasteiger partial charge < -0.3 is 0 Å². The second-order valence-electron chi connectivity index (χ2n) is 7.17. The quantitative estimate of drug-likeness (QED) is 0.367. The Balaban J connectivity index is 1.69. The summed E-state index contributed by atoms with van der Waals surface area (Å²) in [6.07, 6.45) is 5.69. The Morgan fingerprint density at radius 2 is 1.63 bits per heavy atom. The number of fused-ring (bicyclic) bond motifs is 1. The van der Waals surface area contributed by atoms with E-state index in [1.807, 2.05) is 24.3 Å². The van der Waals surface area contributed by atoms with Gasteiger partial charge in [-0.2, -0.15) is 0 Å². The number of benzene rings is 2. The molecule has 0 N–H and O–H groups in total. The van der Waals surface area contributed by atoms with Crippen molar-refractivity contribution in [1.29, 1.82) is 0 Å². The van der Waals surface area contributed by atoms with Crippen LogP contribution < -0.4 is 0 Å². The van der Waals surface area contributed by atoms with Gasteiger partial charge in [0.05, 0.1) is 11.2 Å². The van der Waals surface area contributed by atoms with Crippen LogP contribution in [0.5, 0.6) is 0 Å². The van der Waals surface area contributed by atoms with Gasteiger partial charge >= 0.3 is 0 Å². The summed E-state index contributed by atoms with van der Waals surface area (Å²) in [6, 6.07) is 23.3. The molecule has 0 radical (unpaired) electrons. The number of rotatable bonds is 3. The number of aromatic nitrogens is 2. The number of nitrogens with zero attached hydrogens (tertiary/aromatic N) is 2. The van der Waals surface area contributed by atoms with E-state index in [4.69, 9.17) is 16.6 Å². The first-order valence-corrected chi connectivity index (χ1v) is 9.78. The molecule has 0 saturated heterocycles.